The highest BCUT2D eigenvalue weighted by Crippen LogP contribution is 2.34. The maximum absolute atomic E-state index is 12.9. The van der Waals surface area contributed by atoms with Crippen LogP contribution in [0.25, 0.3) is 0 Å². The quantitative estimate of drug-likeness (QED) is 0.445. The third-order valence-electron chi connectivity index (χ3n) is 5.65. The molecule has 186 valence electrons. The highest BCUT2D eigenvalue weighted by molar-refractivity contribution is 6.10. The highest BCUT2D eigenvalue weighted by Gasteiger charge is 2.18. The topological polar surface area (TPSA) is 109 Å². The smallest absolute Gasteiger partial charge is 0.257 e. The number of amides is 3. The molecule has 0 radical (unpaired) electrons. The van der Waals surface area contributed by atoms with Crippen molar-refractivity contribution in [1.29, 1.82) is 0 Å². The second-order valence-corrected chi connectivity index (χ2v) is 8.60. The summed E-state index contributed by atoms with van der Waals surface area (Å²) >= 11 is 0. The summed E-state index contributed by atoms with van der Waals surface area (Å²) in [6.07, 6.45) is 0. The van der Waals surface area contributed by atoms with Crippen molar-refractivity contribution in [3.05, 3.63) is 77.4 Å². The molecule has 3 N–H and O–H groups in total. The van der Waals surface area contributed by atoms with Crippen molar-refractivity contribution >= 4 is 34.8 Å². The van der Waals surface area contributed by atoms with Crippen LogP contribution in [0.15, 0.2) is 60.7 Å². The van der Waals surface area contributed by atoms with Gasteiger partial charge in [-0.15, -0.1) is 0 Å². The second kappa shape index (κ2) is 10.9. The fourth-order valence-corrected chi connectivity index (χ4v) is 3.89. The summed E-state index contributed by atoms with van der Waals surface area (Å²) in [5.74, 6) is 0.226. The minimum atomic E-state index is -0.383. The minimum absolute atomic E-state index is 0.0295. The Kier molecular flexibility index (Phi) is 7.50. The van der Waals surface area contributed by atoms with Crippen LogP contribution in [-0.4, -0.2) is 49.6 Å². The number of carbonyl (C=O) groups excluding carboxylic acids is 3. The third kappa shape index (κ3) is 6.00. The predicted molar refractivity (Wildman–Crippen MR) is 138 cm³/mol. The first-order valence-corrected chi connectivity index (χ1v) is 11.4. The Morgan fingerprint density at radius 2 is 1.47 bits per heavy atom. The molecule has 0 aliphatic carbocycles. The Bertz CT molecular complexity index is 1290. The number of para-hydroxylation sites is 2. The molecule has 3 aromatic rings. The molecular formula is C27H28N4O5. The van der Waals surface area contributed by atoms with Crippen LogP contribution in [0.2, 0.25) is 0 Å². The van der Waals surface area contributed by atoms with E-state index in [0.717, 1.165) is 16.8 Å². The molecular weight excluding hydrogens is 460 g/mol. The summed E-state index contributed by atoms with van der Waals surface area (Å²) in [4.78, 5) is 39.7. The summed E-state index contributed by atoms with van der Waals surface area (Å²) in [5.41, 5.74) is 3.94. The van der Waals surface area contributed by atoms with Gasteiger partial charge in [-0.3, -0.25) is 19.3 Å². The van der Waals surface area contributed by atoms with Crippen molar-refractivity contribution < 1.29 is 23.9 Å². The van der Waals surface area contributed by atoms with Crippen molar-refractivity contribution in [2.24, 2.45) is 0 Å². The van der Waals surface area contributed by atoms with Gasteiger partial charge in [-0.25, -0.2) is 0 Å². The highest BCUT2D eigenvalue weighted by atomic mass is 16.7. The standard InChI is InChI=1S/C27H28N4O5/c1-17-7-6-8-18(2)26(17)30-25(33)15-31(3)14-24(32)29-21-10-5-4-9-20(21)27(34)28-19-11-12-22-23(13-19)36-16-35-22/h4-13H,14-16H2,1-3H3,(H,28,34)(H,29,32)(H,30,33). The number of nitrogens with one attached hydrogen (secondary N) is 3. The zero-order valence-corrected chi connectivity index (χ0v) is 20.4. The van der Waals surface area contributed by atoms with Crippen molar-refractivity contribution in [2.45, 2.75) is 13.8 Å². The molecule has 9 nitrogen and oxygen atoms in total. The lowest BCUT2D eigenvalue weighted by Gasteiger charge is -2.18. The number of aryl methyl sites for hydroxylation is 2. The van der Waals surface area contributed by atoms with E-state index in [4.69, 9.17) is 9.47 Å². The third-order valence-corrected chi connectivity index (χ3v) is 5.65. The number of carbonyl (C=O) groups is 3. The van der Waals surface area contributed by atoms with Crippen molar-refractivity contribution in [3.8, 4) is 11.5 Å². The van der Waals surface area contributed by atoms with Crippen LogP contribution in [0.3, 0.4) is 0 Å². The van der Waals surface area contributed by atoms with Gasteiger partial charge in [0.2, 0.25) is 18.6 Å². The van der Waals surface area contributed by atoms with E-state index in [0.29, 0.717) is 28.4 Å². The molecule has 0 fully saturated rings. The molecule has 3 amide bonds. The Morgan fingerprint density at radius 3 is 2.22 bits per heavy atom. The summed E-state index contributed by atoms with van der Waals surface area (Å²) in [6.45, 7) is 4.01. The number of anilines is 3. The molecule has 0 atom stereocenters. The van der Waals surface area contributed by atoms with Crippen molar-refractivity contribution in [1.82, 2.24) is 4.90 Å². The molecule has 9 heteroatoms. The number of fused-ring (bicyclic) bond motifs is 1. The Balaban J connectivity index is 1.34. The molecule has 0 spiro atoms. The normalized spacial score (nSPS) is 11.8. The van der Waals surface area contributed by atoms with E-state index in [9.17, 15) is 14.4 Å². The Hall–Kier alpha value is -4.37. The number of benzene rings is 3. The average molecular weight is 489 g/mol. The van der Waals surface area contributed by atoms with Crippen molar-refractivity contribution in [2.75, 3.05) is 42.9 Å². The molecule has 0 unspecified atom stereocenters. The first-order valence-electron chi connectivity index (χ1n) is 11.4. The monoisotopic (exact) mass is 488 g/mol. The largest absolute Gasteiger partial charge is 0.454 e. The molecule has 1 aliphatic heterocycles. The van der Waals surface area contributed by atoms with E-state index in [1.165, 1.54) is 0 Å². The first-order chi connectivity index (χ1) is 17.3. The fourth-order valence-electron chi connectivity index (χ4n) is 3.89. The van der Waals surface area contributed by atoms with Gasteiger partial charge in [-0.2, -0.15) is 0 Å². The molecule has 0 bridgehead atoms. The summed E-state index contributed by atoms with van der Waals surface area (Å²) in [5, 5.41) is 8.50. The maximum Gasteiger partial charge on any atom is 0.257 e. The number of nitrogens with zero attached hydrogens (tertiary/aromatic N) is 1. The van der Waals surface area contributed by atoms with E-state index in [1.807, 2.05) is 32.0 Å². The lowest BCUT2D eigenvalue weighted by Crippen LogP contribution is -2.36. The van der Waals surface area contributed by atoms with Crippen LogP contribution in [0.5, 0.6) is 11.5 Å². The number of likely N-dealkylation sites (N-methyl/N-ethyl adjacent to an activating group) is 1. The van der Waals surface area contributed by atoms with Gasteiger partial charge < -0.3 is 25.4 Å². The number of hydrogen-bond acceptors (Lipinski definition) is 6. The molecule has 0 saturated heterocycles. The van der Waals surface area contributed by atoms with Crippen LogP contribution < -0.4 is 25.4 Å². The molecule has 4 rings (SSSR count). The van der Waals surface area contributed by atoms with Gasteiger partial charge in [0.15, 0.2) is 11.5 Å². The zero-order valence-electron chi connectivity index (χ0n) is 20.4. The van der Waals surface area contributed by atoms with E-state index in [2.05, 4.69) is 16.0 Å². The van der Waals surface area contributed by atoms with E-state index in [-0.39, 0.29) is 37.6 Å². The lowest BCUT2D eigenvalue weighted by atomic mass is 10.1. The molecule has 3 aromatic carbocycles. The lowest BCUT2D eigenvalue weighted by molar-refractivity contribution is -0.119. The molecule has 0 aromatic heterocycles. The summed E-state index contributed by atoms with van der Waals surface area (Å²) in [7, 11) is 1.68. The number of rotatable bonds is 8. The van der Waals surface area contributed by atoms with Gasteiger partial charge in [0.05, 0.1) is 24.3 Å². The zero-order chi connectivity index (χ0) is 25.7. The molecule has 36 heavy (non-hydrogen) atoms. The molecule has 0 saturated carbocycles. The van der Waals surface area contributed by atoms with E-state index < -0.39 is 0 Å². The van der Waals surface area contributed by atoms with Crippen LogP contribution >= 0.6 is 0 Å². The Labute approximate surface area is 209 Å². The minimum Gasteiger partial charge on any atom is -0.454 e. The van der Waals surface area contributed by atoms with Gasteiger partial charge in [-0.1, -0.05) is 30.3 Å². The van der Waals surface area contributed by atoms with Crippen molar-refractivity contribution in [3.63, 3.8) is 0 Å². The van der Waals surface area contributed by atoms with Crippen LogP contribution in [-0.2, 0) is 9.59 Å². The average Bonchev–Trinajstić information content (AvgIpc) is 3.29. The number of ether oxygens (including phenoxy) is 2. The van der Waals surface area contributed by atoms with Gasteiger partial charge in [0, 0.05) is 17.4 Å². The predicted octanol–water partition coefficient (Wildman–Crippen LogP) is 3.79. The molecule has 1 aliphatic rings. The maximum atomic E-state index is 12.9. The van der Waals surface area contributed by atoms with Gasteiger partial charge in [0.25, 0.3) is 5.91 Å². The van der Waals surface area contributed by atoms with Crippen LogP contribution in [0.1, 0.15) is 21.5 Å². The molecule has 1 heterocycles. The van der Waals surface area contributed by atoms with Crippen LogP contribution in [0, 0.1) is 13.8 Å². The SMILES string of the molecule is Cc1cccc(C)c1NC(=O)CN(C)CC(=O)Nc1ccccc1C(=O)Nc1ccc2c(c1)OCO2. The summed E-state index contributed by atoms with van der Waals surface area (Å²) in [6, 6.07) is 17.6. The number of hydrogen-bond donors (Lipinski definition) is 3. The first kappa shape index (κ1) is 24.7. The van der Waals surface area contributed by atoms with E-state index in [1.54, 1.807) is 54.4 Å². The second-order valence-electron chi connectivity index (χ2n) is 8.60. The Morgan fingerprint density at radius 1 is 0.806 bits per heavy atom. The van der Waals surface area contributed by atoms with Gasteiger partial charge >= 0.3 is 0 Å². The summed E-state index contributed by atoms with van der Waals surface area (Å²) < 4.78 is 10.6. The van der Waals surface area contributed by atoms with Crippen LogP contribution in [0.4, 0.5) is 17.1 Å². The van der Waals surface area contributed by atoms with Gasteiger partial charge in [-0.05, 0) is 56.3 Å². The fraction of sp³-hybridized carbons (Fsp3) is 0.222. The van der Waals surface area contributed by atoms with Gasteiger partial charge in [0.1, 0.15) is 0 Å². The van der Waals surface area contributed by atoms with E-state index >= 15 is 0 Å².